The molecule has 1 saturated carbocycles. The van der Waals surface area contributed by atoms with Crippen LogP contribution in [0.25, 0.3) is 0 Å². The third kappa shape index (κ3) is 4.78. The van der Waals surface area contributed by atoms with E-state index in [0.717, 1.165) is 18.9 Å². The fraction of sp³-hybridized carbons (Fsp3) is 0.471. The van der Waals surface area contributed by atoms with E-state index in [2.05, 4.69) is 10.6 Å². The normalized spacial score (nSPS) is 15.0. The molecule has 24 heavy (non-hydrogen) atoms. The molecule has 1 aliphatic carbocycles. The summed E-state index contributed by atoms with van der Waals surface area (Å²) in [5.74, 6) is -2.70. The van der Waals surface area contributed by atoms with Crippen LogP contribution in [-0.2, 0) is 9.59 Å². The van der Waals surface area contributed by atoms with Gasteiger partial charge in [0.2, 0.25) is 5.91 Å². The predicted octanol–water partition coefficient (Wildman–Crippen LogP) is 2.40. The lowest BCUT2D eigenvalue weighted by Gasteiger charge is -2.14. The van der Waals surface area contributed by atoms with Crippen LogP contribution in [0.15, 0.2) is 18.2 Å². The van der Waals surface area contributed by atoms with Crippen LogP contribution in [0.2, 0.25) is 0 Å². The number of carbonyl (C=O) groups is 3. The van der Waals surface area contributed by atoms with Crippen LogP contribution in [0, 0.1) is 17.7 Å². The van der Waals surface area contributed by atoms with Crippen molar-refractivity contribution >= 4 is 23.5 Å². The summed E-state index contributed by atoms with van der Waals surface area (Å²) in [6.07, 6.45) is 1.78. The lowest BCUT2D eigenvalue weighted by molar-refractivity contribution is -0.139. The molecule has 0 heterocycles. The van der Waals surface area contributed by atoms with Crippen molar-refractivity contribution in [2.45, 2.75) is 39.2 Å². The number of halogens is 1. The van der Waals surface area contributed by atoms with Crippen molar-refractivity contribution in [3.63, 3.8) is 0 Å². The summed E-state index contributed by atoms with van der Waals surface area (Å²) in [4.78, 5) is 34.9. The number of carboxylic acids is 1. The molecule has 6 nitrogen and oxygen atoms in total. The van der Waals surface area contributed by atoms with Gasteiger partial charge in [0, 0.05) is 12.0 Å². The Labute approximate surface area is 139 Å². The van der Waals surface area contributed by atoms with Crippen LogP contribution in [0.5, 0.6) is 0 Å². The molecule has 0 saturated heterocycles. The average molecular weight is 336 g/mol. The first kappa shape index (κ1) is 17.9. The second kappa shape index (κ2) is 7.42. The van der Waals surface area contributed by atoms with Crippen LogP contribution in [0.1, 0.15) is 43.5 Å². The fourth-order valence-electron chi connectivity index (χ4n) is 2.37. The van der Waals surface area contributed by atoms with Crippen LogP contribution in [0.3, 0.4) is 0 Å². The Morgan fingerprint density at radius 2 is 1.96 bits per heavy atom. The van der Waals surface area contributed by atoms with Crippen LogP contribution in [0.4, 0.5) is 10.1 Å². The highest BCUT2D eigenvalue weighted by atomic mass is 19.1. The van der Waals surface area contributed by atoms with E-state index in [9.17, 15) is 18.8 Å². The zero-order valence-electron chi connectivity index (χ0n) is 13.6. The molecule has 3 N–H and O–H groups in total. The Hall–Kier alpha value is -2.44. The zero-order valence-corrected chi connectivity index (χ0v) is 13.6. The van der Waals surface area contributed by atoms with Crippen LogP contribution in [-0.4, -0.2) is 28.9 Å². The zero-order chi connectivity index (χ0) is 17.9. The van der Waals surface area contributed by atoms with Gasteiger partial charge < -0.3 is 15.7 Å². The van der Waals surface area contributed by atoms with Gasteiger partial charge in [-0.2, -0.15) is 0 Å². The fourth-order valence-corrected chi connectivity index (χ4v) is 2.37. The molecule has 7 heteroatoms. The number of nitrogens with one attached hydrogen (secondary N) is 2. The number of carbonyl (C=O) groups excluding carboxylic acids is 2. The van der Waals surface area contributed by atoms with E-state index in [1.54, 1.807) is 0 Å². The molecule has 1 atom stereocenters. The molecule has 1 unspecified atom stereocenters. The number of hydrogen-bond acceptors (Lipinski definition) is 3. The summed E-state index contributed by atoms with van der Waals surface area (Å²) in [5, 5.41) is 14.0. The topological polar surface area (TPSA) is 95.5 Å². The highest BCUT2D eigenvalue weighted by Gasteiger charge is 2.37. The first-order valence-electron chi connectivity index (χ1n) is 7.91. The Balaban J connectivity index is 2.04. The molecule has 0 aliphatic heterocycles. The second-order valence-electron chi connectivity index (χ2n) is 6.47. The van der Waals surface area contributed by atoms with Crippen molar-refractivity contribution in [1.29, 1.82) is 0 Å². The molecular formula is C17H21FN2O4. The number of amides is 2. The molecule has 2 rings (SSSR count). The minimum Gasteiger partial charge on any atom is -0.480 e. The molecule has 0 spiro atoms. The van der Waals surface area contributed by atoms with Crippen molar-refractivity contribution in [2.24, 2.45) is 11.8 Å². The molecule has 130 valence electrons. The van der Waals surface area contributed by atoms with Crippen LogP contribution >= 0.6 is 0 Å². The number of benzene rings is 1. The van der Waals surface area contributed by atoms with Gasteiger partial charge in [-0.05, 0) is 42.9 Å². The van der Waals surface area contributed by atoms with Crippen molar-refractivity contribution in [3.8, 4) is 0 Å². The monoisotopic (exact) mass is 336 g/mol. The number of carboxylic acid groups (broad SMARTS) is 1. The van der Waals surface area contributed by atoms with Gasteiger partial charge in [0.05, 0.1) is 5.69 Å². The van der Waals surface area contributed by atoms with E-state index in [4.69, 9.17) is 5.11 Å². The van der Waals surface area contributed by atoms with Crippen molar-refractivity contribution < 1.29 is 23.9 Å². The van der Waals surface area contributed by atoms with Gasteiger partial charge in [-0.3, -0.25) is 9.59 Å². The molecule has 0 aromatic heterocycles. The molecule has 1 aromatic carbocycles. The van der Waals surface area contributed by atoms with Crippen molar-refractivity contribution in [3.05, 3.63) is 29.6 Å². The highest BCUT2D eigenvalue weighted by molar-refractivity contribution is 5.98. The Bertz CT molecular complexity index is 656. The minimum absolute atomic E-state index is 0.00539. The first-order chi connectivity index (χ1) is 11.3. The van der Waals surface area contributed by atoms with Gasteiger partial charge in [0.25, 0.3) is 5.91 Å². The maximum Gasteiger partial charge on any atom is 0.326 e. The number of anilines is 1. The highest BCUT2D eigenvalue weighted by Crippen LogP contribution is 2.33. The van der Waals surface area contributed by atoms with Crippen molar-refractivity contribution in [2.75, 3.05) is 5.32 Å². The van der Waals surface area contributed by atoms with E-state index in [-0.39, 0.29) is 35.4 Å². The SMILES string of the molecule is CC(C)CC(=O)Nc1ccc(C(=O)NC(C(=O)O)C2CC2)cc1F. The Morgan fingerprint density at radius 1 is 1.29 bits per heavy atom. The standard InChI is InChI=1S/C17H21FN2O4/c1-9(2)7-14(21)19-13-6-5-11(8-12(13)18)16(22)20-15(17(23)24)10-3-4-10/h5-6,8-10,15H,3-4,7H2,1-2H3,(H,19,21)(H,20,22)(H,23,24). The first-order valence-corrected chi connectivity index (χ1v) is 7.91. The predicted molar refractivity (Wildman–Crippen MR) is 86.1 cm³/mol. The molecule has 0 bridgehead atoms. The van der Waals surface area contributed by atoms with E-state index >= 15 is 0 Å². The maximum absolute atomic E-state index is 14.1. The largest absolute Gasteiger partial charge is 0.480 e. The smallest absolute Gasteiger partial charge is 0.326 e. The summed E-state index contributed by atoms with van der Waals surface area (Å²) in [6.45, 7) is 3.75. The lowest BCUT2D eigenvalue weighted by Crippen LogP contribution is -2.42. The number of rotatable bonds is 7. The van der Waals surface area contributed by atoms with Gasteiger partial charge in [-0.25, -0.2) is 9.18 Å². The quantitative estimate of drug-likeness (QED) is 0.712. The molecular weight excluding hydrogens is 315 g/mol. The summed E-state index contributed by atoms with van der Waals surface area (Å²) in [7, 11) is 0. The van der Waals surface area contributed by atoms with E-state index in [1.807, 2.05) is 13.8 Å². The molecule has 1 aliphatic rings. The van der Waals surface area contributed by atoms with E-state index < -0.39 is 23.7 Å². The Kier molecular flexibility index (Phi) is 5.54. The molecule has 1 fully saturated rings. The maximum atomic E-state index is 14.1. The second-order valence-corrected chi connectivity index (χ2v) is 6.47. The van der Waals surface area contributed by atoms with E-state index in [1.165, 1.54) is 12.1 Å². The van der Waals surface area contributed by atoms with Gasteiger partial charge in [-0.15, -0.1) is 0 Å². The van der Waals surface area contributed by atoms with Gasteiger partial charge in [-0.1, -0.05) is 13.8 Å². The van der Waals surface area contributed by atoms with Gasteiger partial charge in [0.1, 0.15) is 11.9 Å². The molecule has 1 aromatic rings. The van der Waals surface area contributed by atoms with Gasteiger partial charge in [0.15, 0.2) is 0 Å². The van der Waals surface area contributed by atoms with E-state index in [0.29, 0.717) is 0 Å². The summed E-state index contributed by atoms with van der Waals surface area (Å²) < 4.78 is 14.1. The molecule has 2 amide bonds. The summed E-state index contributed by atoms with van der Waals surface area (Å²) in [5.41, 5.74) is 0.00966. The number of hydrogen-bond donors (Lipinski definition) is 3. The van der Waals surface area contributed by atoms with Gasteiger partial charge >= 0.3 is 5.97 Å². The summed E-state index contributed by atoms with van der Waals surface area (Å²) in [6, 6.07) is 2.70. The average Bonchev–Trinajstić information content (AvgIpc) is 3.30. The third-order valence-electron chi connectivity index (χ3n) is 3.75. The third-order valence-corrected chi connectivity index (χ3v) is 3.75. The lowest BCUT2D eigenvalue weighted by atomic mass is 10.1. The minimum atomic E-state index is -1.09. The van der Waals surface area contributed by atoms with Crippen molar-refractivity contribution in [1.82, 2.24) is 5.32 Å². The Morgan fingerprint density at radius 3 is 2.46 bits per heavy atom. The molecule has 0 radical (unpaired) electrons. The number of aliphatic carboxylic acids is 1. The summed E-state index contributed by atoms with van der Waals surface area (Å²) >= 11 is 0. The van der Waals surface area contributed by atoms with Crippen LogP contribution < -0.4 is 10.6 Å².